The third-order valence-electron chi connectivity index (χ3n) is 6.45. The number of ether oxygens (including phenoxy) is 3. The van der Waals surface area contributed by atoms with Crippen molar-refractivity contribution in [2.24, 2.45) is 5.73 Å². The van der Waals surface area contributed by atoms with E-state index in [9.17, 15) is 14.0 Å². The number of carbonyl (C=O) groups is 2. The average molecular weight is 592 g/mol. The number of rotatable bonds is 10. The molecule has 0 bridgehead atoms. The molecule has 8 nitrogen and oxygen atoms in total. The topological polar surface area (TPSA) is 103 Å². The fraction of sp³-hybridized carbons (Fsp3) is 0.310. The number of halogens is 3. The highest BCUT2D eigenvalue weighted by Crippen LogP contribution is 2.44. The maximum Gasteiger partial charge on any atom is 0.256 e. The molecule has 0 aromatic heterocycles. The molecule has 1 aliphatic rings. The summed E-state index contributed by atoms with van der Waals surface area (Å²) in [6.45, 7) is 0.864. The maximum absolute atomic E-state index is 14.0. The summed E-state index contributed by atoms with van der Waals surface area (Å²) in [7, 11) is 3.14. The third kappa shape index (κ3) is 7.03. The molecule has 1 aliphatic heterocycles. The summed E-state index contributed by atoms with van der Waals surface area (Å²) in [5, 5.41) is 3.14. The molecule has 0 fully saturated rings. The van der Waals surface area contributed by atoms with Crippen LogP contribution in [0.25, 0.3) is 0 Å². The number of methoxy groups -OCH3 is 1. The number of hydrogen-bond donors (Lipinski definition) is 2. The Morgan fingerprint density at radius 1 is 1.15 bits per heavy atom. The van der Waals surface area contributed by atoms with Gasteiger partial charge in [-0.3, -0.25) is 9.59 Å². The first-order valence-electron chi connectivity index (χ1n) is 12.6. The zero-order chi connectivity index (χ0) is 27.9. The van der Waals surface area contributed by atoms with Gasteiger partial charge < -0.3 is 30.2 Å². The fourth-order valence-corrected chi connectivity index (χ4v) is 4.64. The minimum Gasteiger partial charge on any atom is -0.492 e. The summed E-state index contributed by atoms with van der Waals surface area (Å²) in [5.74, 6) is -0.355. The van der Waals surface area contributed by atoms with Crippen molar-refractivity contribution in [3.05, 3.63) is 88.2 Å². The highest BCUT2D eigenvalue weighted by molar-refractivity contribution is 6.30. The molecule has 3 N–H and O–H groups in total. The van der Waals surface area contributed by atoms with E-state index < -0.39 is 29.8 Å². The lowest BCUT2D eigenvalue weighted by Gasteiger charge is -2.24. The van der Waals surface area contributed by atoms with Gasteiger partial charge in [0.2, 0.25) is 5.91 Å². The van der Waals surface area contributed by atoms with Crippen LogP contribution in [0.2, 0.25) is 5.02 Å². The van der Waals surface area contributed by atoms with Gasteiger partial charge in [0, 0.05) is 41.0 Å². The van der Waals surface area contributed by atoms with E-state index in [-0.39, 0.29) is 25.4 Å². The number of hydrogen-bond acceptors (Lipinski definition) is 6. The predicted octanol–water partition coefficient (Wildman–Crippen LogP) is 4.79. The number of nitrogens with two attached hydrogens (primary N) is 1. The molecule has 0 spiro atoms. The molecule has 3 aromatic rings. The molecule has 4 rings (SSSR count). The van der Waals surface area contributed by atoms with Crippen molar-refractivity contribution in [1.82, 2.24) is 5.32 Å². The van der Waals surface area contributed by atoms with E-state index in [2.05, 4.69) is 5.32 Å². The first kappa shape index (κ1) is 31.2. The van der Waals surface area contributed by atoms with Crippen LogP contribution in [0.5, 0.6) is 11.5 Å². The molecule has 11 heteroatoms. The van der Waals surface area contributed by atoms with Gasteiger partial charge in [-0.25, -0.2) is 4.39 Å². The van der Waals surface area contributed by atoms with Crippen LogP contribution in [0, 0.1) is 5.82 Å². The van der Waals surface area contributed by atoms with Gasteiger partial charge in [-0.05, 0) is 43.3 Å². The highest BCUT2D eigenvalue weighted by Gasteiger charge is 2.37. The first-order valence-corrected chi connectivity index (χ1v) is 12.9. The van der Waals surface area contributed by atoms with Crippen LogP contribution in [0.15, 0.2) is 60.7 Å². The summed E-state index contributed by atoms with van der Waals surface area (Å²) in [4.78, 5) is 27.8. The van der Waals surface area contributed by atoms with Crippen molar-refractivity contribution in [2.75, 3.05) is 32.2 Å². The number of carbonyl (C=O) groups excluding carboxylic acids is 2. The summed E-state index contributed by atoms with van der Waals surface area (Å²) < 4.78 is 32.0. The Bertz CT molecular complexity index is 1340. The van der Waals surface area contributed by atoms with Gasteiger partial charge in [0.25, 0.3) is 5.91 Å². The van der Waals surface area contributed by atoms with Crippen LogP contribution in [0.3, 0.4) is 0 Å². The van der Waals surface area contributed by atoms with E-state index in [1.54, 1.807) is 55.6 Å². The van der Waals surface area contributed by atoms with Crippen LogP contribution >= 0.6 is 24.0 Å². The Balaban J connectivity index is 0.00000441. The number of nitrogens with zero attached hydrogens (tertiary/aromatic N) is 1. The van der Waals surface area contributed by atoms with Crippen molar-refractivity contribution < 1.29 is 28.2 Å². The lowest BCUT2D eigenvalue weighted by Crippen LogP contribution is -2.40. The normalized spacial score (nSPS) is 16.4. The number of fused-ring (bicyclic) bond motifs is 1. The minimum atomic E-state index is -1.14. The minimum absolute atomic E-state index is 0. The molecule has 214 valence electrons. The van der Waals surface area contributed by atoms with E-state index in [1.807, 2.05) is 6.07 Å². The van der Waals surface area contributed by atoms with E-state index in [4.69, 9.17) is 31.5 Å². The van der Waals surface area contributed by atoms with Gasteiger partial charge in [0.1, 0.15) is 18.0 Å². The fourth-order valence-electron chi connectivity index (χ4n) is 4.46. The second kappa shape index (κ2) is 14.3. The van der Waals surface area contributed by atoms with E-state index in [0.717, 1.165) is 0 Å². The molecular weight excluding hydrogens is 560 g/mol. The zero-order valence-corrected chi connectivity index (χ0v) is 23.8. The second-order valence-electron chi connectivity index (χ2n) is 9.05. The highest BCUT2D eigenvalue weighted by atomic mass is 35.5. The van der Waals surface area contributed by atoms with Crippen molar-refractivity contribution in [3.8, 4) is 11.5 Å². The van der Waals surface area contributed by atoms with Gasteiger partial charge in [-0.1, -0.05) is 41.9 Å². The molecule has 0 unspecified atom stereocenters. The summed E-state index contributed by atoms with van der Waals surface area (Å²) in [5.41, 5.74) is 7.76. The molecule has 2 amide bonds. The average Bonchev–Trinajstić information content (AvgIpc) is 3.03. The second-order valence-corrected chi connectivity index (χ2v) is 9.48. The van der Waals surface area contributed by atoms with E-state index >= 15 is 0 Å². The predicted molar refractivity (Wildman–Crippen MR) is 154 cm³/mol. The Kier molecular flexibility index (Phi) is 11.2. The number of benzene rings is 3. The molecule has 0 radical (unpaired) electrons. The Hall–Kier alpha value is -3.37. The molecule has 0 saturated heterocycles. The van der Waals surface area contributed by atoms with Gasteiger partial charge in [0.15, 0.2) is 11.5 Å². The van der Waals surface area contributed by atoms with Crippen LogP contribution in [0.4, 0.5) is 10.1 Å². The zero-order valence-electron chi connectivity index (χ0n) is 22.2. The number of anilines is 1. The maximum atomic E-state index is 14.0. The molecule has 0 saturated carbocycles. The molecule has 3 aromatic carbocycles. The Labute approximate surface area is 243 Å². The molecule has 40 heavy (non-hydrogen) atoms. The van der Waals surface area contributed by atoms with Crippen molar-refractivity contribution in [2.45, 2.75) is 31.6 Å². The lowest BCUT2D eigenvalue weighted by molar-refractivity contribution is -0.137. The van der Waals surface area contributed by atoms with Crippen LogP contribution in [0.1, 0.15) is 35.6 Å². The van der Waals surface area contributed by atoms with Gasteiger partial charge in [-0.15, -0.1) is 12.4 Å². The van der Waals surface area contributed by atoms with Crippen LogP contribution < -0.4 is 25.4 Å². The summed E-state index contributed by atoms with van der Waals surface area (Å²) in [6, 6.07) is 16.7. The Morgan fingerprint density at radius 3 is 2.65 bits per heavy atom. The molecule has 2 atom stereocenters. The third-order valence-corrected chi connectivity index (χ3v) is 6.68. The standard InChI is InChI=1S/C29H31ClFN3O5.ClH/c1-34-23-12-11-19(30)15-21(23)27(20-8-5-10-24(28(20)37-2)38-14-6-13-32)39-25(29(34)36)16-26(35)33-17-18-7-3-4-9-22(18)31;/h3-5,7-12,15,25,27H,6,13-14,16-17,32H2,1-2H3,(H,33,35);1H/t25-,27-;/m1./s1. The Morgan fingerprint density at radius 2 is 1.93 bits per heavy atom. The van der Waals surface area contributed by atoms with Crippen LogP contribution in [-0.2, 0) is 20.9 Å². The number of para-hydroxylation sites is 1. The van der Waals surface area contributed by atoms with Crippen molar-refractivity contribution >= 4 is 41.5 Å². The summed E-state index contributed by atoms with van der Waals surface area (Å²) in [6.07, 6.45) is -1.57. The molecule has 0 aliphatic carbocycles. The van der Waals surface area contributed by atoms with Crippen molar-refractivity contribution in [3.63, 3.8) is 0 Å². The lowest BCUT2D eigenvalue weighted by atomic mass is 9.98. The molecule has 1 heterocycles. The van der Waals surface area contributed by atoms with Crippen LogP contribution in [-0.4, -0.2) is 45.2 Å². The van der Waals surface area contributed by atoms with E-state index in [0.29, 0.717) is 58.5 Å². The largest absolute Gasteiger partial charge is 0.492 e. The van der Waals surface area contributed by atoms with Gasteiger partial charge in [-0.2, -0.15) is 0 Å². The summed E-state index contributed by atoms with van der Waals surface area (Å²) >= 11 is 6.37. The number of nitrogens with one attached hydrogen (secondary N) is 1. The first-order chi connectivity index (χ1) is 18.8. The quantitative estimate of drug-likeness (QED) is 0.328. The van der Waals surface area contributed by atoms with Crippen molar-refractivity contribution in [1.29, 1.82) is 0 Å². The van der Waals surface area contributed by atoms with Gasteiger partial charge in [0.05, 0.1) is 20.1 Å². The number of amides is 2. The monoisotopic (exact) mass is 591 g/mol. The van der Waals surface area contributed by atoms with E-state index in [1.165, 1.54) is 18.1 Å². The SMILES string of the molecule is COc1c(OCCCN)cccc1[C@H]1O[C@H](CC(=O)NCc2ccccc2F)C(=O)N(C)c2ccc(Cl)cc21.Cl. The van der Waals surface area contributed by atoms with Gasteiger partial charge >= 0.3 is 0 Å². The smallest absolute Gasteiger partial charge is 0.256 e. The number of likely N-dealkylation sites (N-methyl/N-ethyl adjacent to an activating group) is 1. The molecular formula is C29H32Cl2FN3O5.